The molecule has 0 aliphatic rings. The minimum Gasteiger partial charge on any atom is -0.496 e. The molecule has 2 N–H and O–H groups in total. The lowest BCUT2D eigenvalue weighted by Crippen LogP contribution is -2.06. The van der Waals surface area contributed by atoms with E-state index in [0.29, 0.717) is 16.3 Å². The number of carboxylic acid groups (broad SMARTS) is 1. The average Bonchev–Trinajstić information content (AvgIpc) is 2.16. The first-order valence-electron chi connectivity index (χ1n) is 4.28. The van der Waals surface area contributed by atoms with Gasteiger partial charge in [0.15, 0.2) is 0 Å². The van der Waals surface area contributed by atoms with Gasteiger partial charge in [-0.15, -0.1) is 0 Å². The summed E-state index contributed by atoms with van der Waals surface area (Å²) in [6, 6.07) is 4.65. The maximum Gasteiger partial charge on any atom is 0.306 e. The number of methoxy groups -OCH3 is 1. The zero-order chi connectivity index (χ0) is 11.4. The number of hydrogen-bond acceptors (Lipinski definition) is 3. The first kappa shape index (κ1) is 11.8. The van der Waals surface area contributed by atoms with Crippen LogP contribution in [0.5, 0.6) is 5.75 Å². The summed E-state index contributed by atoms with van der Waals surface area (Å²) < 4.78 is 4.99. The van der Waals surface area contributed by atoms with E-state index in [4.69, 9.17) is 21.4 Å². The van der Waals surface area contributed by atoms with E-state index in [1.807, 2.05) is 0 Å². The minimum absolute atomic E-state index is 0.363. The number of benzene rings is 1. The highest BCUT2D eigenvalue weighted by Gasteiger charge is 2.16. The molecule has 4 nitrogen and oxygen atoms in total. The number of carbonyl (C=O) groups is 1. The number of rotatable bonds is 4. The van der Waals surface area contributed by atoms with Crippen molar-refractivity contribution in [2.45, 2.75) is 12.5 Å². The lowest BCUT2D eigenvalue weighted by atomic mass is 10.1. The summed E-state index contributed by atoms with van der Waals surface area (Å²) in [4.78, 5) is 10.4. The number of ether oxygens (including phenoxy) is 1. The van der Waals surface area contributed by atoms with Crippen molar-refractivity contribution in [1.29, 1.82) is 0 Å². The lowest BCUT2D eigenvalue weighted by molar-refractivity contribution is -0.139. The molecule has 0 fully saturated rings. The highest BCUT2D eigenvalue weighted by atomic mass is 35.5. The second-order valence-corrected chi connectivity index (χ2v) is 3.44. The van der Waals surface area contributed by atoms with Crippen LogP contribution >= 0.6 is 11.6 Å². The van der Waals surface area contributed by atoms with Gasteiger partial charge in [0, 0.05) is 10.6 Å². The molecular formula is C10H11ClO4. The van der Waals surface area contributed by atoms with Crippen molar-refractivity contribution in [3.63, 3.8) is 0 Å². The fourth-order valence-electron chi connectivity index (χ4n) is 1.24. The van der Waals surface area contributed by atoms with Gasteiger partial charge in [-0.1, -0.05) is 17.7 Å². The first-order chi connectivity index (χ1) is 7.04. The van der Waals surface area contributed by atoms with Crippen molar-refractivity contribution in [3.05, 3.63) is 28.8 Å². The molecule has 1 aromatic rings. The van der Waals surface area contributed by atoms with Crippen LogP contribution in [-0.4, -0.2) is 23.3 Å². The largest absolute Gasteiger partial charge is 0.496 e. The third-order valence-electron chi connectivity index (χ3n) is 1.92. The molecule has 0 unspecified atom stereocenters. The van der Waals surface area contributed by atoms with Crippen LogP contribution in [0.4, 0.5) is 0 Å². The number of halogens is 1. The van der Waals surface area contributed by atoms with Crippen LogP contribution in [0.3, 0.4) is 0 Å². The summed E-state index contributed by atoms with van der Waals surface area (Å²) in [5.74, 6) is -0.684. The fourth-order valence-corrected chi connectivity index (χ4v) is 1.40. The maximum absolute atomic E-state index is 10.4. The van der Waals surface area contributed by atoms with Crippen LogP contribution in [0, 0.1) is 0 Å². The molecule has 0 saturated heterocycles. The summed E-state index contributed by atoms with van der Waals surface area (Å²) >= 11 is 5.73. The van der Waals surface area contributed by atoms with Crippen LogP contribution in [0.25, 0.3) is 0 Å². The van der Waals surface area contributed by atoms with Gasteiger partial charge in [-0.2, -0.15) is 0 Å². The Bertz CT molecular complexity index is 364. The van der Waals surface area contributed by atoms with E-state index in [1.165, 1.54) is 13.2 Å². The molecule has 0 saturated carbocycles. The molecule has 0 amide bonds. The molecule has 82 valence electrons. The van der Waals surface area contributed by atoms with E-state index in [-0.39, 0.29) is 6.42 Å². The Balaban J connectivity index is 2.97. The SMILES string of the molecule is COc1cc(Cl)ccc1[C@@H](O)CC(=O)O. The normalized spacial score (nSPS) is 12.2. The summed E-state index contributed by atoms with van der Waals surface area (Å²) in [7, 11) is 1.43. The van der Waals surface area contributed by atoms with Gasteiger partial charge in [-0.3, -0.25) is 4.79 Å². The molecule has 15 heavy (non-hydrogen) atoms. The Morgan fingerprint density at radius 1 is 1.60 bits per heavy atom. The predicted molar refractivity (Wildman–Crippen MR) is 55.2 cm³/mol. The van der Waals surface area contributed by atoms with E-state index in [1.54, 1.807) is 12.1 Å². The van der Waals surface area contributed by atoms with E-state index in [2.05, 4.69) is 0 Å². The molecule has 1 aromatic carbocycles. The summed E-state index contributed by atoms with van der Waals surface area (Å²) in [5, 5.41) is 18.6. The maximum atomic E-state index is 10.4. The van der Waals surface area contributed by atoms with Gasteiger partial charge < -0.3 is 14.9 Å². The first-order valence-corrected chi connectivity index (χ1v) is 4.65. The number of aliphatic carboxylic acids is 1. The van der Waals surface area contributed by atoms with Crippen molar-refractivity contribution in [3.8, 4) is 5.75 Å². The van der Waals surface area contributed by atoms with Crippen molar-refractivity contribution >= 4 is 17.6 Å². The summed E-state index contributed by atoms with van der Waals surface area (Å²) in [6.45, 7) is 0. The standard InChI is InChI=1S/C10H11ClO4/c1-15-9-4-6(11)2-3-7(9)8(12)5-10(13)14/h2-4,8,12H,5H2,1H3,(H,13,14)/t8-/m0/s1. The van der Waals surface area contributed by atoms with Crippen LogP contribution < -0.4 is 4.74 Å². The molecule has 0 aliphatic heterocycles. The fraction of sp³-hybridized carbons (Fsp3) is 0.300. The van der Waals surface area contributed by atoms with Crippen LogP contribution in [0.2, 0.25) is 5.02 Å². The van der Waals surface area contributed by atoms with E-state index >= 15 is 0 Å². The second-order valence-electron chi connectivity index (χ2n) is 3.00. The quantitative estimate of drug-likeness (QED) is 0.829. The molecule has 0 aliphatic carbocycles. The highest BCUT2D eigenvalue weighted by molar-refractivity contribution is 6.30. The van der Waals surface area contributed by atoms with Gasteiger partial charge in [0.2, 0.25) is 0 Å². The molecule has 1 rings (SSSR count). The Kier molecular flexibility index (Phi) is 3.94. The van der Waals surface area contributed by atoms with E-state index in [9.17, 15) is 9.90 Å². The Labute approximate surface area is 92.1 Å². The third-order valence-corrected chi connectivity index (χ3v) is 2.16. The number of hydrogen-bond donors (Lipinski definition) is 2. The van der Waals surface area contributed by atoms with Crippen molar-refractivity contribution in [1.82, 2.24) is 0 Å². The molecule has 0 bridgehead atoms. The minimum atomic E-state index is -1.09. The second kappa shape index (κ2) is 5.00. The number of aliphatic hydroxyl groups is 1. The predicted octanol–water partition coefficient (Wildman–Crippen LogP) is 1.86. The molecular weight excluding hydrogens is 220 g/mol. The molecule has 0 heterocycles. The number of aliphatic hydroxyl groups excluding tert-OH is 1. The molecule has 1 atom stereocenters. The Morgan fingerprint density at radius 2 is 2.27 bits per heavy atom. The zero-order valence-electron chi connectivity index (χ0n) is 8.11. The van der Waals surface area contributed by atoms with Gasteiger partial charge in [0.1, 0.15) is 5.75 Å². The number of carboxylic acids is 1. The third kappa shape index (κ3) is 3.11. The molecule has 0 spiro atoms. The van der Waals surface area contributed by atoms with Crippen molar-refractivity contribution in [2.24, 2.45) is 0 Å². The van der Waals surface area contributed by atoms with E-state index < -0.39 is 12.1 Å². The van der Waals surface area contributed by atoms with Gasteiger partial charge >= 0.3 is 5.97 Å². The topological polar surface area (TPSA) is 66.8 Å². The Hall–Kier alpha value is -1.26. The van der Waals surface area contributed by atoms with Gasteiger partial charge in [-0.25, -0.2) is 0 Å². The summed E-state index contributed by atoms with van der Waals surface area (Å²) in [5.41, 5.74) is 0.421. The molecule has 5 heteroatoms. The monoisotopic (exact) mass is 230 g/mol. The van der Waals surface area contributed by atoms with Crippen molar-refractivity contribution in [2.75, 3.05) is 7.11 Å². The van der Waals surface area contributed by atoms with Crippen molar-refractivity contribution < 1.29 is 19.7 Å². The lowest BCUT2D eigenvalue weighted by Gasteiger charge is -2.13. The smallest absolute Gasteiger partial charge is 0.306 e. The highest BCUT2D eigenvalue weighted by Crippen LogP contribution is 2.29. The van der Waals surface area contributed by atoms with Crippen LogP contribution in [0.1, 0.15) is 18.1 Å². The average molecular weight is 231 g/mol. The zero-order valence-corrected chi connectivity index (χ0v) is 8.86. The summed E-state index contributed by atoms with van der Waals surface area (Å²) in [6.07, 6.45) is -1.45. The van der Waals surface area contributed by atoms with Gasteiger partial charge in [0.25, 0.3) is 0 Å². The van der Waals surface area contributed by atoms with Crippen LogP contribution in [-0.2, 0) is 4.79 Å². The van der Waals surface area contributed by atoms with Gasteiger partial charge in [0.05, 0.1) is 19.6 Å². The van der Waals surface area contributed by atoms with E-state index in [0.717, 1.165) is 0 Å². The Morgan fingerprint density at radius 3 is 2.80 bits per heavy atom. The molecule has 0 aromatic heterocycles. The van der Waals surface area contributed by atoms with Crippen LogP contribution in [0.15, 0.2) is 18.2 Å². The van der Waals surface area contributed by atoms with Gasteiger partial charge in [-0.05, 0) is 12.1 Å². The molecule has 0 radical (unpaired) electrons.